The van der Waals surface area contributed by atoms with Gasteiger partial charge < -0.3 is 24.8 Å². The van der Waals surface area contributed by atoms with Crippen molar-refractivity contribution in [3.8, 4) is 0 Å². The molecular weight excluding hydrogens is 476 g/mol. The normalized spacial score (nSPS) is 47.3. The van der Waals surface area contributed by atoms with Gasteiger partial charge in [0, 0.05) is 0 Å². The number of hydrogen-bond donors (Lipinski definition) is 3. The van der Waals surface area contributed by atoms with Crippen LogP contribution in [0.3, 0.4) is 0 Å². The Morgan fingerprint density at radius 3 is 2.50 bits per heavy atom. The van der Waals surface area contributed by atoms with Gasteiger partial charge >= 0.3 is 0 Å². The van der Waals surface area contributed by atoms with E-state index in [0.29, 0.717) is 23.2 Å². The molecule has 0 spiro atoms. The molecule has 3 fully saturated rings. The maximum Gasteiger partial charge on any atom is 0.177 e. The molecule has 5 nitrogen and oxygen atoms in total. The highest BCUT2D eigenvalue weighted by molar-refractivity contribution is 5.28. The molecule has 5 aliphatic rings. The first-order valence-corrected chi connectivity index (χ1v) is 15.7. The van der Waals surface area contributed by atoms with Gasteiger partial charge in [-0.3, -0.25) is 0 Å². The predicted molar refractivity (Wildman–Crippen MR) is 150 cm³/mol. The summed E-state index contributed by atoms with van der Waals surface area (Å²) >= 11 is 0. The van der Waals surface area contributed by atoms with Gasteiger partial charge in [-0.1, -0.05) is 71.6 Å². The lowest BCUT2D eigenvalue weighted by Crippen LogP contribution is -2.55. The number of ether oxygens (including phenoxy) is 2. The van der Waals surface area contributed by atoms with E-state index in [9.17, 15) is 15.3 Å². The molecule has 0 aromatic rings. The molecule has 1 aliphatic heterocycles. The quantitative estimate of drug-likeness (QED) is 0.335. The SMILES string of the molecule is CC(C)CCC[C@@H](C)[C@H]1CCC2[C@H]3C(CC[C@@]21C)[C@@]1(C)CC[C@H](O[C@@H]2C=C[C@H](O)[C@@H](CO)O2)CC1=C[C@@H]3O. The van der Waals surface area contributed by atoms with Gasteiger partial charge in [-0.25, -0.2) is 0 Å². The largest absolute Gasteiger partial charge is 0.394 e. The zero-order valence-corrected chi connectivity index (χ0v) is 24.5. The van der Waals surface area contributed by atoms with E-state index < -0.39 is 18.5 Å². The minimum atomic E-state index is -0.794. The molecule has 0 aromatic carbocycles. The van der Waals surface area contributed by atoms with E-state index in [0.717, 1.165) is 37.0 Å². The summed E-state index contributed by atoms with van der Waals surface area (Å²) in [6.45, 7) is 12.0. The second kappa shape index (κ2) is 11.3. The van der Waals surface area contributed by atoms with Gasteiger partial charge in [0.05, 0.1) is 18.8 Å². The zero-order valence-electron chi connectivity index (χ0n) is 24.5. The monoisotopic (exact) mass is 530 g/mol. The van der Waals surface area contributed by atoms with Crippen molar-refractivity contribution in [3.63, 3.8) is 0 Å². The lowest BCUT2D eigenvalue weighted by molar-refractivity contribution is -0.204. The molecule has 216 valence electrons. The van der Waals surface area contributed by atoms with Gasteiger partial charge in [0.15, 0.2) is 6.29 Å². The highest BCUT2D eigenvalue weighted by atomic mass is 16.7. The molecule has 12 atom stereocenters. The fourth-order valence-electron chi connectivity index (χ4n) is 9.80. The minimum Gasteiger partial charge on any atom is -0.394 e. The van der Waals surface area contributed by atoms with E-state index in [1.165, 1.54) is 50.5 Å². The van der Waals surface area contributed by atoms with Gasteiger partial charge in [-0.05, 0) is 97.4 Å². The van der Waals surface area contributed by atoms with Gasteiger partial charge in [0.2, 0.25) is 0 Å². The first-order valence-electron chi connectivity index (χ1n) is 15.7. The molecule has 0 bridgehead atoms. The highest BCUT2D eigenvalue weighted by Crippen LogP contribution is 2.67. The molecule has 0 aromatic heterocycles. The zero-order chi connectivity index (χ0) is 27.2. The van der Waals surface area contributed by atoms with Crippen LogP contribution in [0.1, 0.15) is 98.8 Å². The third kappa shape index (κ3) is 5.20. The molecule has 4 aliphatic carbocycles. The molecule has 38 heavy (non-hydrogen) atoms. The Kier molecular flexibility index (Phi) is 8.55. The third-order valence-corrected chi connectivity index (χ3v) is 11.9. The smallest absolute Gasteiger partial charge is 0.177 e. The molecule has 0 amide bonds. The topological polar surface area (TPSA) is 79.2 Å². The van der Waals surface area contributed by atoms with Crippen molar-refractivity contribution >= 4 is 0 Å². The second-order valence-corrected chi connectivity index (χ2v) is 14.5. The third-order valence-electron chi connectivity index (χ3n) is 11.9. The summed E-state index contributed by atoms with van der Waals surface area (Å²) in [6, 6.07) is 0. The molecule has 3 N–H and O–H groups in total. The summed E-state index contributed by atoms with van der Waals surface area (Å²) in [5, 5.41) is 31.1. The van der Waals surface area contributed by atoms with E-state index in [2.05, 4.69) is 40.7 Å². The summed E-state index contributed by atoms with van der Waals surface area (Å²) in [6.07, 6.45) is 15.4. The van der Waals surface area contributed by atoms with Gasteiger partial charge in [-0.15, -0.1) is 0 Å². The highest BCUT2D eigenvalue weighted by Gasteiger charge is 2.61. The van der Waals surface area contributed by atoms with Crippen LogP contribution in [0, 0.1) is 46.3 Å². The van der Waals surface area contributed by atoms with E-state index in [1.54, 1.807) is 12.2 Å². The van der Waals surface area contributed by atoms with Crippen molar-refractivity contribution < 1.29 is 24.8 Å². The van der Waals surface area contributed by atoms with Crippen molar-refractivity contribution in [1.29, 1.82) is 0 Å². The summed E-state index contributed by atoms with van der Waals surface area (Å²) in [5.41, 5.74) is 1.88. The standard InChI is InChI=1S/C33H54O5/c1-20(2)7-6-8-21(3)24-9-10-25-31-26(14-16-33(24,25)5)32(4)15-13-23(17-22(32)18-28(31)36)37-30-12-11-27(35)29(19-34)38-30/h11-12,18,20-21,23-31,34-36H,6-10,13-17,19H2,1-5H3/t21-,23+,24-,25?,26?,27+,28+,29-,30+,31+,32+,33-/m1/s1. The van der Waals surface area contributed by atoms with Crippen molar-refractivity contribution in [3.05, 3.63) is 23.8 Å². The van der Waals surface area contributed by atoms with Crippen LogP contribution in [0.2, 0.25) is 0 Å². The minimum absolute atomic E-state index is 0.0266. The lowest BCUT2D eigenvalue weighted by Gasteiger charge is -2.59. The van der Waals surface area contributed by atoms with E-state index >= 15 is 0 Å². The number of aliphatic hydroxyl groups is 3. The van der Waals surface area contributed by atoms with Crippen molar-refractivity contribution in [2.24, 2.45) is 46.3 Å². The summed E-state index contributed by atoms with van der Waals surface area (Å²) in [5.74, 6) is 3.91. The van der Waals surface area contributed by atoms with Crippen molar-refractivity contribution in [2.45, 2.75) is 130 Å². The van der Waals surface area contributed by atoms with Crippen LogP contribution in [-0.4, -0.2) is 52.6 Å². The lowest BCUT2D eigenvalue weighted by atomic mass is 9.46. The van der Waals surface area contributed by atoms with Gasteiger partial charge in [-0.2, -0.15) is 0 Å². The summed E-state index contributed by atoms with van der Waals surface area (Å²) in [7, 11) is 0. The number of fused-ring (bicyclic) bond motifs is 5. The van der Waals surface area contributed by atoms with Crippen molar-refractivity contribution in [1.82, 2.24) is 0 Å². The van der Waals surface area contributed by atoms with Crippen LogP contribution >= 0.6 is 0 Å². The van der Waals surface area contributed by atoms with Crippen LogP contribution in [0.25, 0.3) is 0 Å². The fraction of sp³-hybridized carbons (Fsp3) is 0.879. The molecule has 5 rings (SSSR count). The van der Waals surface area contributed by atoms with Gasteiger partial charge in [0.1, 0.15) is 12.2 Å². The van der Waals surface area contributed by atoms with Gasteiger partial charge in [0.25, 0.3) is 0 Å². The van der Waals surface area contributed by atoms with Crippen LogP contribution in [0.5, 0.6) is 0 Å². The predicted octanol–water partition coefficient (Wildman–Crippen LogP) is 6.02. The first kappa shape index (κ1) is 28.8. The molecule has 0 radical (unpaired) electrons. The van der Waals surface area contributed by atoms with Crippen LogP contribution in [0.4, 0.5) is 0 Å². The summed E-state index contributed by atoms with van der Waals surface area (Å²) < 4.78 is 12.1. The van der Waals surface area contributed by atoms with Crippen LogP contribution in [-0.2, 0) is 9.47 Å². The van der Waals surface area contributed by atoms with E-state index in [4.69, 9.17) is 9.47 Å². The van der Waals surface area contributed by atoms with Crippen molar-refractivity contribution in [2.75, 3.05) is 6.61 Å². The average Bonchev–Trinajstić information content (AvgIpc) is 3.23. The van der Waals surface area contributed by atoms with Crippen LogP contribution < -0.4 is 0 Å². The fourth-order valence-corrected chi connectivity index (χ4v) is 9.80. The summed E-state index contributed by atoms with van der Waals surface area (Å²) in [4.78, 5) is 0. The number of hydrogen-bond acceptors (Lipinski definition) is 5. The average molecular weight is 531 g/mol. The van der Waals surface area contributed by atoms with Crippen LogP contribution in [0.15, 0.2) is 23.8 Å². The Morgan fingerprint density at radius 1 is 0.974 bits per heavy atom. The molecule has 2 unspecified atom stereocenters. The maximum absolute atomic E-state index is 11.6. The first-order chi connectivity index (χ1) is 18.1. The Bertz CT molecular complexity index is 883. The number of aliphatic hydroxyl groups excluding tert-OH is 3. The molecule has 5 heteroatoms. The molecule has 3 saturated carbocycles. The second-order valence-electron chi connectivity index (χ2n) is 14.5. The Balaban J connectivity index is 1.27. The van der Waals surface area contributed by atoms with E-state index in [1.807, 2.05) is 0 Å². The number of rotatable bonds is 8. The maximum atomic E-state index is 11.6. The Morgan fingerprint density at radius 2 is 1.76 bits per heavy atom. The molecular formula is C33H54O5. The Hall–Kier alpha value is -0.720. The molecule has 1 heterocycles. The van der Waals surface area contributed by atoms with E-state index in [-0.39, 0.29) is 24.2 Å². The molecule has 0 saturated heterocycles. The Labute approximate surface area is 231 Å².